The van der Waals surface area contributed by atoms with Crippen LogP contribution in [0.1, 0.15) is 36.8 Å². The zero-order valence-electron chi connectivity index (χ0n) is 20.9. The summed E-state index contributed by atoms with van der Waals surface area (Å²) in [6, 6.07) is 25.4. The Labute approximate surface area is 232 Å². The topological polar surface area (TPSA) is 59.1 Å². The van der Waals surface area contributed by atoms with Crippen molar-refractivity contribution in [1.29, 1.82) is 0 Å². The molecule has 0 atom stereocenters. The van der Waals surface area contributed by atoms with E-state index in [1.807, 2.05) is 89.8 Å². The Morgan fingerprint density at radius 1 is 0.947 bits per heavy atom. The summed E-state index contributed by atoms with van der Waals surface area (Å²) in [4.78, 5) is 30.3. The van der Waals surface area contributed by atoms with Crippen molar-refractivity contribution < 1.29 is 19.1 Å². The number of carbonyl (C=O) groups excluding carboxylic acids is 2. The van der Waals surface area contributed by atoms with Crippen LogP contribution in [0.25, 0.3) is 6.08 Å². The molecule has 1 saturated heterocycles. The molecule has 3 aromatic carbocycles. The molecule has 38 heavy (non-hydrogen) atoms. The maximum absolute atomic E-state index is 13.2. The molecular weight excluding hydrogens is 516 g/mol. The summed E-state index contributed by atoms with van der Waals surface area (Å²) in [5, 5.41) is 0. The highest BCUT2D eigenvalue weighted by Gasteiger charge is 2.31. The van der Waals surface area contributed by atoms with E-state index >= 15 is 0 Å². The highest BCUT2D eigenvalue weighted by Crippen LogP contribution is 2.36. The maximum atomic E-state index is 13.2. The fourth-order valence-electron chi connectivity index (χ4n) is 4.40. The van der Waals surface area contributed by atoms with E-state index in [1.165, 1.54) is 11.8 Å². The number of anilines is 1. The lowest BCUT2D eigenvalue weighted by Gasteiger charge is -2.23. The van der Waals surface area contributed by atoms with Gasteiger partial charge in [0.05, 0.1) is 11.4 Å². The molecule has 0 aromatic heterocycles. The van der Waals surface area contributed by atoms with E-state index in [2.05, 4.69) is 0 Å². The van der Waals surface area contributed by atoms with E-state index in [0.29, 0.717) is 40.2 Å². The standard InChI is InChI=1S/C30H28N2O4S2/c33-28(32(24-12-6-2-7-13-24)20-22-10-4-1-5-11-22)14-8-3-9-17-31-29(34)27(38-30(31)37)19-23-15-16-25-26(18-23)36-21-35-25/h1-2,4-7,10-13,15-16,18-19H,3,8-9,14,17,20-21H2. The lowest BCUT2D eigenvalue weighted by Crippen LogP contribution is -2.30. The number of rotatable bonds is 10. The summed E-state index contributed by atoms with van der Waals surface area (Å²) < 4.78 is 11.3. The first-order valence-corrected chi connectivity index (χ1v) is 13.9. The van der Waals surface area contributed by atoms with Crippen molar-refractivity contribution in [3.05, 3.63) is 94.9 Å². The van der Waals surface area contributed by atoms with Crippen LogP contribution in [0.15, 0.2) is 83.8 Å². The van der Waals surface area contributed by atoms with Crippen molar-refractivity contribution in [1.82, 2.24) is 4.90 Å². The minimum absolute atomic E-state index is 0.0770. The van der Waals surface area contributed by atoms with Crippen molar-refractivity contribution in [2.75, 3.05) is 18.2 Å². The second kappa shape index (κ2) is 12.3. The van der Waals surface area contributed by atoms with Crippen LogP contribution in [-0.4, -0.2) is 34.4 Å². The van der Waals surface area contributed by atoms with Gasteiger partial charge >= 0.3 is 0 Å². The second-order valence-electron chi connectivity index (χ2n) is 9.06. The minimum atomic E-state index is -0.0770. The van der Waals surface area contributed by atoms with Crippen LogP contribution in [0, 0.1) is 0 Å². The molecule has 5 rings (SSSR count). The summed E-state index contributed by atoms with van der Waals surface area (Å²) in [5.41, 5.74) is 2.85. The molecule has 0 saturated carbocycles. The first-order valence-electron chi connectivity index (χ1n) is 12.6. The Hall–Kier alpha value is -3.62. The van der Waals surface area contributed by atoms with Gasteiger partial charge in [0.2, 0.25) is 12.7 Å². The normalized spacial score (nSPS) is 15.4. The lowest BCUT2D eigenvalue weighted by atomic mass is 10.1. The van der Waals surface area contributed by atoms with Crippen molar-refractivity contribution in [2.45, 2.75) is 32.2 Å². The van der Waals surface area contributed by atoms with E-state index in [4.69, 9.17) is 21.7 Å². The summed E-state index contributed by atoms with van der Waals surface area (Å²) in [6.07, 6.45) is 4.65. The number of para-hydroxylation sites is 1. The number of benzene rings is 3. The van der Waals surface area contributed by atoms with Gasteiger partial charge in [0.15, 0.2) is 11.5 Å². The molecule has 0 aliphatic carbocycles. The fraction of sp³-hybridized carbons (Fsp3) is 0.233. The molecule has 2 aliphatic heterocycles. The molecule has 2 heterocycles. The molecule has 0 radical (unpaired) electrons. The second-order valence-corrected chi connectivity index (χ2v) is 10.7. The van der Waals surface area contributed by atoms with Crippen LogP contribution in [0.4, 0.5) is 5.69 Å². The van der Waals surface area contributed by atoms with Gasteiger partial charge in [-0.2, -0.15) is 0 Å². The molecule has 0 spiro atoms. The highest BCUT2D eigenvalue weighted by molar-refractivity contribution is 8.26. The van der Waals surface area contributed by atoms with Gasteiger partial charge in [-0.05, 0) is 54.3 Å². The Balaban J connectivity index is 1.12. The van der Waals surface area contributed by atoms with Gasteiger partial charge in [0.1, 0.15) is 4.32 Å². The van der Waals surface area contributed by atoms with E-state index < -0.39 is 0 Å². The quantitative estimate of drug-likeness (QED) is 0.167. The average molecular weight is 545 g/mol. The largest absolute Gasteiger partial charge is 0.454 e. The number of thioether (sulfide) groups is 1. The predicted octanol–water partition coefficient (Wildman–Crippen LogP) is 6.41. The molecule has 0 bridgehead atoms. The molecule has 1 fully saturated rings. The van der Waals surface area contributed by atoms with Crippen molar-refractivity contribution in [3.63, 3.8) is 0 Å². The number of thiocarbonyl (C=S) groups is 1. The molecule has 0 N–H and O–H groups in total. The number of hydrogen-bond acceptors (Lipinski definition) is 6. The number of carbonyl (C=O) groups is 2. The van der Waals surface area contributed by atoms with Crippen molar-refractivity contribution >= 4 is 51.9 Å². The Kier molecular flexibility index (Phi) is 8.41. The molecule has 2 aliphatic rings. The smallest absolute Gasteiger partial charge is 0.266 e. The number of unbranched alkanes of at least 4 members (excludes halogenated alkanes) is 2. The minimum Gasteiger partial charge on any atom is -0.454 e. The third-order valence-corrected chi connectivity index (χ3v) is 7.77. The zero-order valence-corrected chi connectivity index (χ0v) is 22.5. The Bertz CT molecular complexity index is 1340. The van der Waals surface area contributed by atoms with Crippen LogP contribution in [0.2, 0.25) is 0 Å². The lowest BCUT2D eigenvalue weighted by molar-refractivity contribution is -0.122. The average Bonchev–Trinajstić information content (AvgIpc) is 3.51. The van der Waals surface area contributed by atoms with Crippen LogP contribution >= 0.6 is 24.0 Å². The van der Waals surface area contributed by atoms with Crippen molar-refractivity contribution in [3.8, 4) is 11.5 Å². The maximum Gasteiger partial charge on any atom is 0.266 e. The molecule has 194 valence electrons. The van der Waals surface area contributed by atoms with E-state index in [-0.39, 0.29) is 18.6 Å². The number of ether oxygens (including phenoxy) is 2. The van der Waals surface area contributed by atoms with Gasteiger partial charge in [-0.15, -0.1) is 0 Å². The summed E-state index contributed by atoms with van der Waals surface area (Å²) in [6.45, 7) is 1.30. The Morgan fingerprint density at radius 2 is 1.68 bits per heavy atom. The van der Waals surface area contributed by atoms with Gasteiger partial charge in [0, 0.05) is 18.7 Å². The molecule has 6 nitrogen and oxygen atoms in total. The van der Waals surface area contributed by atoms with E-state index in [9.17, 15) is 9.59 Å². The number of nitrogens with zero attached hydrogens (tertiary/aromatic N) is 2. The number of hydrogen-bond donors (Lipinski definition) is 0. The third kappa shape index (κ3) is 6.26. The van der Waals surface area contributed by atoms with E-state index in [0.717, 1.165) is 36.1 Å². The van der Waals surface area contributed by atoms with Crippen LogP contribution in [-0.2, 0) is 16.1 Å². The van der Waals surface area contributed by atoms with Gasteiger partial charge < -0.3 is 14.4 Å². The zero-order chi connectivity index (χ0) is 26.3. The van der Waals surface area contributed by atoms with Crippen LogP contribution in [0.3, 0.4) is 0 Å². The fourth-order valence-corrected chi connectivity index (χ4v) is 5.71. The molecule has 2 amide bonds. The van der Waals surface area contributed by atoms with Gasteiger partial charge in [-0.25, -0.2) is 0 Å². The first kappa shape index (κ1) is 26.0. The number of fused-ring (bicyclic) bond motifs is 1. The first-order chi connectivity index (χ1) is 18.6. The summed E-state index contributed by atoms with van der Waals surface area (Å²) in [7, 11) is 0. The predicted molar refractivity (Wildman–Crippen MR) is 155 cm³/mol. The molecular formula is C30H28N2O4S2. The number of amides is 2. The van der Waals surface area contributed by atoms with Gasteiger partial charge in [-0.3, -0.25) is 14.5 Å². The Morgan fingerprint density at radius 3 is 2.47 bits per heavy atom. The molecule has 0 unspecified atom stereocenters. The van der Waals surface area contributed by atoms with Crippen molar-refractivity contribution in [2.24, 2.45) is 0 Å². The molecule has 3 aromatic rings. The third-order valence-electron chi connectivity index (χ3n) is 6.39. The van der Waals surface area contributed by atoms with E-state index in [1.54, 1.807) is 4.90 Å². The van der Waals surface area contributed by atoms with Crippen LogP contribution in [0.5, 0.6) is 11.5 Å². The summed E-state index contributed by atoms with van der Waals surface area (Å²) >= 11 is 6.80. The van der Waals surface area contributed by atoms with Crippen LogP contribution < -0.4 is 14.4 Å². The molecule has 8 heteroatoms. The monoisotopic (exact) mass is 544 g/mol. The summed E-state index contributed by atoms with van der Waals surface area (Å²) in [5.74, 6) is 1.41. The highest BCUT2D eigenvalue weighted by atomic mass is 32.2. The SMILES string of the molecule is O=C1C(=Cc2ccc3c(c2)OCO3)SC(=S)N1CCCCCC(=O)N(Cc1ccccc1)c1ccccc1. The van der Waals surface area contributed by atoms with Gasteiger partial charge in [0.25, 0.3) is 5.91 Å². The van der Waals surface area contributed by atoms with Gasteiger partial charge in [-0.1, -0.05) is 85.0 Å².